The first kappa shape index (κ1) is 24.0. The van der Waals surface area contributed by atoms with Gasteiger partial charge in [0.25, 0.3) is 5.91 Å². The second-order valence-corrected chi connectivity index (χ2v) is 8.38. The predicted molar refractivity (Wildman–Crippen MR) is 111 cm³/mol. The summed E-state index contributed by atoms with van der Waals surface area (Å²) >= 11 is 0. The van der Waals surface area contributed by atoms with Crippen molar-refractivity contribution in [1.29, 1.82) is 0 Å². The maximum absolute atomic E-state index is 12.9. The maximum Gasteiger partial charge on any atom is 0.255 e. The highest BCUT2D eigenvalue weighted by molar-refractivity contribution is 7.89. The predicted octanol–water partition coefficient (Wildman–Crippen LogP) is 3.15. The molecule has 0 aliphatic rings. The van der Waals surface area contributed by atoms with Gasteiger partial charge in [-0.25, -0.2) is 17.5 Å². The van der Waals surface area contributed by atoms with Crippen molar-refractivity contribution in [2.45, 2.75) is 31.2 Å². The van der Waals surface area contributed by atoms with E-state index in [1.807, 2.05) is 13.8 Å². The summed E-state index contributed by atoms with van der Waals surface area (Å²) in [4.78, 5) is 12.2. The van der Waals surface area contributed by atoms with Crippen molar-refractivity contribution in [2.24, 2.45) is 11.7 Å². The molecular formula is C19H25ClFN3O3S. The smallest absolute Gasteiger partial charge is 0.255 e. The number of rotatable bonds is 8. The van der Waals surface area contributed by atoms with E-state index in [-0.39, 0.29) is 29.9 Å². The molecule has 9 heteroatoms. The van der Waals surface area contributed by atoms with Crippen LogP contribution in [0, 0.1) is 11.7 Å². The van der Waals surface area contributed by atoms with Crippen LogP contribution in [-0.4, -0.2) is 26.9 Å². The van der Waals surface area contributed by atoms with E-state index < -0.39 is 21.7 Å². The Bertz CT molecular complexity index is 872. The second-order valence-electron chi connectivity index (χ2n) is 6.67. The fourth-order valence-corrected chi connectivity index (χ4v) is 3.83. The Balaban J connectivity index is 0.00000392. The van der Waals surface area contributed by atoms with Gasteiger partial charge in [-0.2, -0.15) is 0 Å². The Morgan fingerprint density at radius 3 is 2.14 bits per heavy atom. The topological polar surface area (TPSA) is 101 Å². The Labute approximate surface area is 171 Å². The van der Waals surface area contributed by atoms with E-state index in [9.17, 15) is 17.6 Å². The number of amides is 1. The molecule has 1 atom stereocenters. The maximum atomic E-state index is 12.9. The molecular weight excluding hydrogens is 405 g/mol. The van der Waals surface area contributed by atoms with Gasteiger partial charge in [-0.3, -0.25) is 4.79 Å². The molecule has 0 aliphatic heterocycles. The molecule has 0 fully saturated rings. The first-order valence-corrected chi connectivity index (χ1v) is 10.1. The number of benzene rings is 2. The van der Waals surface area contributed by atoms with Gasteiger partial charge in [-0.1, -0.05) is 13.8 Å². The number of carbonyl (C=O) groups is 1. The zero-order valence-corrected chi connectivity index (χ0v) is 17.3. The van der Waals surface area contributed by atoms with E-state index in [4.69, 9.17) is 5.73 Å². The molecule has 0 bridgehead atoms. The lowest BCUT2D eigenvalue weighted by molar-refractivity contribution is 0.102. The van der Waals surface area contributed by atoms with E-state index in [1.165, 1.54) is 48.5 Å². The molecule has 28 heavy (non-hydrogen) atoms. The molecule has 0 saturated heterocycles. The highest BCUT2D eigenvalue weighted by Gasteiger charge is 2.20. The fourth-order valence-electron chi connectivity index (χ4n) is 2.57. The van der Waals surface area contributed by atoms with E-state index in [0.29, 0.717) is 23.6 Å². The number of hydrogen-bond acceptors (Lipinski definition) is 4. The molecule has 2 rings (SSSR count). The first-order chi connectivity index (χ1) is 12.7. The molecule has 1 unspecified atom stereocenters. The molecule has 0 aromatic heterocycles. The third kappa shape index (κ3) is 6.87. The summed E-state index contributed by atoms with van der Waals surface area (Å²) in [5, 5.41) is 2.64. The molecule has 1 amide bonds. The minimum absolute atomic E-state index is 0. The average Bonchev–Trinajstić information content (AvgIpc) is 2.61. The number of carbonyl (C=O) groups excluding carboxylic acids is 1. The van der Waals surface area contributed by atoms with Crippen LogP contribution in [0.15, 0.2) is 53.4 Å². The minimum atomic E-state index is -3.70. The monoisotopic (exact) mass is 429 g/mol. The average molecular weight is 430 g/mol. The summed E-state index contributed by atoms with van der Waals surface area (Å²) in [6.07, 6.45) is 0.640. The van der Waals surface area contributed by atoms with Gasteiger partial charge in [0.1, 0.15) is 5.82 Å². The molecule has 4 N–H and O–H groups in total. The van der Waals surface area contributed by atoms with Gasteiger partial charge < -0.3 is 11.1 Å². The zero-order valence-electron chi connectivity index (χ0n) is 15.7. The van der Waals surface area contributed by atoms with Crippen LogP contribution in [0.1, 0.15) is 30.6 Å². The summed E-state index contributed by atoms with van der Waals surface area (Å²) in [6.45, 7) is 4.20. The quantitative estimate of drug-likeness (QED) is 0.599. The molecule has 0 aliphatic carbocycles. The van der Waals surface area contributed by atoms with Crippen molar-refractivity contribution in [1.82, 2.24) is 4.72 Å². The number of nitrogens with two attached hydrogens (primary N) is 1. The number of sulfonamides is 1. The van der Waals surface area contributed by atoms with Crippen LogP contribution < -0.4 is 15.8 Å². The zero-order chi connectivity index (χ0) is 20.0. The Morgan fingerprint density at radius 2 is 1.64 bits per heavy atom. The van der Waals surface area contributed by atoms with Crippen LogP contribution in [0.2, 0.25) is 0 Å². The highest BCUT2D eigenvalue weighted by atomic mass is 35.5. The van der Waals surface area contributed by atoms with Crippen molar-refractivity contribution in [3.8, 4) is 0 Å². The normalized spacial score (nSPS) is 12.3. The van der Waals surface area contributed by atoms with Crippen LogP contribution >= 0.6 is 12.4 Å². The van der Waals surface area contributed by atoms with Crippen molar-refractivity contribution in [2.75, 3.05) is 11.9 Å². The van der Waals surface area contributed by atoms with Gasteiger partial charge in [0, 0.05) is 23.8 Å². The lowest BCUT2D eigenvalue weighted by Crippen LogP contribution is -2.40. The van der Waals surface area contributed by atoms with Crippen molar-refractivity contribution in [3.05, 3.63) is 59.9 Å². The largest absolute Gasteiger partial charge is 0.329 e. The van der Waals surface area contributed by atoms with Crippen molar-refractivity contribution < 1.29 is 17.6 Å². The van der Waals surface area contributed by atoms with Gasteiger partial charge >= 0.3 is 0 Å². The Kier molecular flexibility index (Phi) is 9.03. The standard InChI is InChI=1S/C19H24FN3O3S.ClH/c1-13(2)11-17(12-21)23-27(25,26)18-9-7-16(8-10-18)22-19(24)14-3-5-15(20)6-4-14;/h3-10,13,17,23H,11-12,21H2,1-2H3,(H,22,24);1H. The first-order valence-electron chi connectivity index (χ1n) is 8.60. The number of nitrogens with one attached hydrogen (secondary N) is 2. The van der Waals surface area contributed by atoms with Gasteiger partial charge in [-0.15, -0.1) is 12.4 Å². The lowest BCUT2D eigenvalue weighted by Gasteiger charge is -2.19. The van der Waals surface area contributed by atoms with Crippen LogP contribution in [0.5, 0.6) is 0 Å². The highest BCUT2D eigenvalue weighted by Crippen LogP contribution is 2.16. The summed E-state index contributed by atoms with van der Waals surface area (Å²) in [7, 11) is -3.70. The van der Waals surface area contributed by atoms with Gasteiger partial charge in [-0.05, 0) is 60.9 Å². The van der Waals surface area contributed by atoms with Crippen molar-refractivity contribution in [3.63, 3.8) is 0 Å². The summed E-state index contributed by atoms with van der Waals surface area (Å²) < 4.78 is 40.5. The molecule has 2 aromatic rings. The van der Waals surface area contributed by atoms with E-state index in [1.54, 1.807) is 0 Å². The van der Waals surface area contributed by atoms with Gasteiger partial charge in [0.2, 0.25) is 10.0 Å². The second kappa shape index (κ2) is 10.5. The molecule has 2 aromatic carbocycles. The molecule has 6 nitrogen and oxygen atoms in total. The summed E-state index contributed by atoms with van der Waals surface area (Å²) in [5.41, 5.74) is 6.38. The number of halogens is 2. The van der Waals surface area contributed by atoms with E-state index >= 15 is 0 Å². The van der Waals surface area contributed by atoms with Gasteiger partial charge in [0.05, 0.1) is 4.90 Å². The number of hydrogen-bond donors (Lipinski definition) is 3. The molecule has 0 saturated carbocycles. The molecule has 0 spiro atoms. The number of anilines is 1. The molecule has 154 valence electrons. The fraction of sp³-hybridized carbons (Fsp3) is 0.316. The Hall–Kier alpha value is -2.00. The van der Waals surface area contributed by atoms with Crippen LogP contribution in [0.3, 0.4) is 0 Å². The third-order valence-electron chi connectivity index (χ3n) is 3.89. The molecule has 0 radical (unpaired) electrons. The Morgan fingerprint density at radius 1 is 1.07 bits per heavy atom. The van der Waals surface area contributed by atoms with Gasteiger partial charge in [0.15, 0.2) is 0 Å². The van der Waals surface area contributed by atoms with Crippen molar-refractivity contribution >= 4 is 34.0 Å². The van der Waals surface area contributed by atoms with Crippen LogP contribution in [0.4, 0.5) is 10.1 Å². The summed E-state index contributed by atoms with van der Waals surface area (Å²) in [6, 6.07) is 10.6. The summed E-state index contributed by atoms with van der Waals surface area (Å²) in [5.74, 6) is -0.531. The van der Waals surface area contributed by atoms with E-state index in [0.717, 1.165) is 0 Å². The van der Waals surface area contributed by atoms with E-state index in [2.05, 4.69) is 10.0 Å². The molecule has 0 heterocycles. The van der Waals surface area contributed by atoms with Crippen LogP contribution in [-0.2, 0) is 10.0 Å². The third-order valence-corrected chi connectivity index (χ3v) is 5.43. The van der Waals surface area contributed by atoms with Crippen LogP contribution in [0.25, 0.3) is 0 Å². The SMILES string of the molecule is CC(C)CC(CN)NS(=O)(=O)c1ccc(NC(=O)c2ccc(F)cc2)cc1.Cl. The lowest BCUT2D eigenvalue weighted by atomic mass is 10.1. The minimum Gasteiger partial charge on any atom is -0.329 e.